The largest absolute Gasteiger partial charge is 0.445 e. The fourth-order valence-electron chi connectivity index (χ4n) is 4.84. The summed E-state index contributed by atoms with van der Waals surface area (Å²) in [5.74, 6) is -1.07. The third-order valence-corrected chi connectivity index (χ3v) is 11.5. The van der Waals surface area contributed by atoms with Crippen molar-refractivity contribution in [3.8, 4) is 0 Å². The zero-order valence-corrected chi connectivity index (χ0v) is 22.0. The molecule has 1 heterocycles. The molecular formula is C28H31NO6Si. The summed E-state index contributed by atoms with van der Waals surface area (Å²) in [7, 11) is -2.98. The zero-order valence-electron chi connectivity index (χ0n) is 21.0. The lowest BCUT2D eigenvalue weighted by Crippen LogP contribution is -2.68. The van der Waals surface area contributed by atoms with E-state index in [2.05, 4.69) is 51.6 Å². The minimum atomic E-state index is -2.98. The first-order valence-electron chi connectivity index (χ1n) is 11.9. The summed E-state index contributed by atoms with van der Waals surface area (Å²) < 4.78 is 17.9. The molecule has 0 radical (unpaired) electrons. The van der Waals surface area contributed by atoms with E-state index in [1.807, 2.05) is 36.4 Å². The Bertz CT molecular complexity index is 1150. The van der Waals surface area contributed by atoms with E-state index in [0.717, 1.165) is 15.3 Å². The number of carbonyl (C=O) groups is 3. The predicted octanol–water partition coefficient (Wildman–Crippen LogP) is 3.34. The molecule has 1 aliphatic carbocycles. The maximum Gasteiger partial charge on any atom is 0.421 e. The van der Waals surface area contributed by atoms with Crippen LogP contribution >= 0.6 is 0 Å². The van der Waals surface area contributed by atoms with Crippen molar-refractivity contribution in [2.24, 2.45) is 0 Å². The molecule has 1 aliphatic heterocycles. The van der Waals surface area contributed by atoms with E-state index >= 15 is 0 Å². The molecule has 7 nitrogen and oxygen atoms in total. The van der Waals surface area contributed by atoms with E-state index in [-0.39, 0.29) is 17.3 Å². The first kappa shape index (κ1) is 25.8. The van der Waals surface area contributed by atoms with Crippen molar-refractivity contribution in [1.82, 2.24) is 4.90 Å². The van der Waals surface area contributed by atoms with Gasteiger partial charge in [-0.25, -0.2) is 9.69 Å². The summed E-state index contributed by atoms with van der Waals surface area (Å²) >= 11 is 0. The number of imide groups is 1. The van der Waals surface area contributed by atoms with Gasteiger partial charge in [0.25, 0.3) is 8.32 Å². The van der Waals surface area contributed by atoms with Gasteiger partial charge in [-0.3, -0.25) is 9.59 Å². The van der Waals surface area contributed by atoms with Crippen LogP contribution < -0.4 is 10.4 Å². The summed E-state index contributed by atoms with van der Waals surface area (Å²) in [6, 6.07) is 20.2. The average Bonchev–Trinajstić information content (AvgIpc) is 3.65. The monoisotopic (exact) mass is 505 g/mol. The third kappa shape index (κ3) is 4.59. The number of rotatable bonds is 7. The molecule has 0 aromatic heterocycles. The second kappa shape index (κ2) is 9.97. The maximum atomic E-state index is 13.1. The van der Waals surface area contributed by atoms with E-state index in [1.165, 1.54) is 13.0 Å². The molecule has 0 bridgehead atoms. The van der Waals surface area contributed by atoms with Crippen LogP contribution in [0.4, 0.5) is 4.79 Å². The van der Waals surface area contributed by atoms with E-state index in [0.29, 0.717) is 0 Å². The maximum absolute atomic E-state index is 13.1. The Morgan fingerprint density at radius 2 is 1.61 bits per heavy atom. The Kier molecular flexibility index (Phi) is 7.13. The standard InChI is InChI=1S/C28H31NO6Si/c1-6-17-33-27(32)29(19(2)30)22-18-23(25-26(34-25)24(22)31)35-36(28(3,4)5,20-13-9-7-10-14-20)21-15-11-8-12-16-21/h6-16,18,23,25-26H,1,17H2,2-5H3/t23-,25+,26-/m1/s1. The molecule has 36 heavy (non-hydrogen) atoms. The number of amides is 2. The van der Waals surface area contributed by atoms with Crippen LogP contribution in [0.2, 0.25) is 5.04 Å². The lowest BCUT2D eigenvalue weighted by atomic mass is 10.00. The van der Waals surface area contributed by atoms with Gasteiger partial charge in [0, 0.05) is 6.92 Å². The summed E-state index contributed by atoms with van der Waals surface area (Å²) in [4.78, 5) is 38.9. The predicted molar refractivity (Wildman–Crippen MR) is 138 cm³/mol. The summed E-state index contributed by atoms with van der Waals surface area (Å²) in [5.41, 5.74) is -0.0850. The molecule has 0 unspecified atom stereocenters. The van der Waals surface area contributed by atoms with Crippen molar-refractivity contribution in [3.05, 3.63) is 85.1 Å². The quantitative estimate of drug-likeness (QED) is 0.326. The number of Topliss-reactive ketones (excluding diaryl/α,β-unsaturated/α-hetero) is 1. The van der Waals surface area contributed by atoms with Crippen molar-refractivity contribution in [2.75, 3.05) is 6.61 Å². The number of benzene rings is 2. The van der Waals surface area contributed by atoms with Crippen molar-refractivity contribution in [2.45, 2.75) is 51.0 Å². The first-order chi connectivity index (χ1) is 17.1. The molecule has 0 spiro atoms. The fourth-order valence-corrected chi connectivity index (χ4v) is 9.46. The van der Waals surface area contributed by atoms with Crippen LogP contribution in [0.5, 0.6) is 0 Å². The molecule has 3 atom stereocenters. The van der Waals surface area contributed by atoms with Crippen LogP contribution in [0, 0.1) is 0 Å². The Morgan fingerprint density at radius 1 is 1.06 bits per heavy atom. The second-order valence-corrected chi connectivity index (χ2v) is 14.2. The smallest absolute Gasteiger partial charge is 0.421 e. The minimum absolute atomic E-state index is 0.0850. The molecular weight excluding hydrogens is 474 g/mol. The summed E-state index contributed by atoms with van der Waals surface area (Å²) in [6.07, 6.45) is 0.0887. The molecule has 1 fully saturated rings. The molecule has 2 aromatic carbocycles. The number of epoxide rings is 1. The molecule has 4 rings (SSSR count). The van der Waals surface area contributed by atoms with Crippen LogP contribution in [0.15, 0.2) is 85.1 Å². The molecule has 2 amide bonds. The summed E-state index contributed by atoms with van der Waals surface area (Å²) in [5, 5.41) is 1.83. The van der Waals surface area contributed by atoms with Gasteiger partial charge in [-0.2, -0.15) is 0 Å². The lowest BCUT2D eigenvalue weighted by Gasteiger charge is -2.45. The van der Waals surface area contributed by atoms with Gasteiger partial charge in [-0.15, -0.1) is 0 Å². The molecule has 8 heteroatoms. The van der Waals surface area contributed by atoms with Crippen molar-refractivity contribution in [3.63, 3.8) is 0 Å². The van der Waals surface area contributed by atoms with E-state index in [4.69, 9.17) is 13.9 Å². The highest BCUT2D eigenvalue weighted by molar-refractivity contribution is 6.99. The van der Waals surface area contributed by atoms with Gasteiger partial charge >= 0.3 is 6.09 Å². The number of ketones is 1. The topological polar surface area (TPSA) is 85.4 Å². The number of fused-ring (bicyclic) bond motifs is 1. The van der Waals surface area contributed by atoms with Gasteiger partial charge in [0.2, 0.25) is 11.7 Å². The summed E-state index contributed by atoms with van der Waals surface area (Å²) in [6.45, 7) is 11.1. The SMILES string of the molecule is C=CCOC(=O)N(C(C)=O)C1=C[C@@H](O[Si](c2ccccc2)(c2ccccc2)C(C)(C)C)[C@@H]2O[C@@H]2C1=O. The molecule has 2 aromatic rings. The highest BCUT2D eigenvalue weighted by Gasteiger charge is 2.60. The fraction of sp³-hybridized carbons (Fsp3) is 0.321. The van der Waals surface area contributed by atoms with Gasteiger partial charge in [0.15, 0.2) is 6.10 Å². The highest BCUT2D eigenvalue weighted by atomic mass is 28.4. The average molecular weight is 506 g/mol. The van der Waals surface area contributed by atoms with E-state index in [9.17, 15) is 14.4 Å². The Hall–Kier alpha value is -3.33. The van der Waals surface area contributed by atoms with Gasteiger partial charge < -0.3 is 13.9 Å². The zero-order chi connectivity index (χ0) is 26.1. The molecule has 1 saturated heterocycles. The number of carbonyl (C=O) groups excluding carboxylic acids is 3. The number of nitrogens with zero attached hydrogens (tertiary/aromatic N) is 1. The van der Waals surface area contributed by atoms with Crippen LogP contribution in [-0.2, 0) is 23.5 Å². The Labute approximate surface area is 212 Å². The second-order valence-electron chi connectivity index (χ2n) is 9.90. The Balaban J connectivity index is 1.83. The van der Waals surface area contributed by atoms with Crippen LogP contribution in [0.1, 0.15) is 27.7 Å². The molecule has 0 N–H and O–H groups in total. The molecule has 2 aliphatic rings. The van der Waals surface area contributed by atoms with Gasteiger partial charge in [0.05, 0.1) is 11.8 Å². The number of hydrogen-bond donors (Lipinski definition) is 0. The molecule has 188 valence electrons. The van der Waals surface area contributed by atoms with Gasteiger partial charge in [-0.1, -0.05) is 94.1 Å². The first-order valence-corrected chi connectivity index (χ1v) is 13.8. The molecule has 0 saturated carbocycles. The van der Waals surface area contributed by atoms with Crippen LogP contribution in [-0.4, -0.2) is 55.9 Å². The minimum Gasteiger partial charge on any atom is -0.445 e. The van der Waals surface area contributed by atoms with Crippen molar-refractivity contribution in [1.29, 1.82) is 0 Å². The van der Waals surface area contributed by atoms with E-state index in [1.54, 1.807) is 6.08 Å². The number of hydrogen-bond acceptors (Lipinski definition) is 6. The van der Waals surface area contributed by atoms with E-state index < -0.39 is 44.4 Å². The van der Waals surface area contributed by atoms with Gasteiger partial charge in [-0.05, 0) is 21.5 Å². The van der Waals surface area contributed by atoms with Gasteiger partial charge in [0.1, 0.15) is 12.7 Å². The Morgan fingerprint density at radius 3 is 2.08 bits per heavy atom. The van der Waals surface area contributed by atoms with Crippen molar-refractivity contribution < 1.29 is 28.3 Å². The van der Waals surface area contributed by atoms with Crippen LogP contribution in [0.25, 0.3) is 0 Å². The van der Waals surface area contributed by atoms with Crippen LogP contribution in [0.3, 0.4) is 0 Å². The van der Waals surface area contributed by atoms with Crippen molar-refractivity contribution >= 4 is 36.5 Å². The normalized spacial score (nSPS) is 21.2. The number of ether oxygens (including phenoxy) is 2. The lowest BCUT2D eigenvalue weighted by molar-refractivity contribution is -0.129. The highest BCUT2D eigenvalue weighted by Crippen LogP contribution is 2.43. The third-order valence-electron chi connectivity index (χ3n) is 6.48.